The number of hydrogen-bond donors (Lipinski definition) is 0. The lowest BCUT2D eigenvalue weighted by atomic mass is 9.86. The smallest absolute Gasteiger partial charge is 0.0327 e. The van der Waals surface area contributed by atoms with E-state index >= 15 is 0 Å². The van der Waals surface area contributed by atoms with Crippen LogP contribution in [0, 0.1) is 11.8 Å². The lowest BCUT2D eigenvalue weighted by Crippen LogP contribution is -2.05. The average Bonchev–Trinajstić information content (AvgIpc) is 2.18. The highest BCUT2D eigenvalue weighted by atomic mass is 14.2. The van der Waals surface area contributed by atoms with Gasteiger partial charge in [-0.1, -0.05) is 58.1 Å². The van der Waals surface area contributed by atoms with E-state index in [2.05, 4.69) is 26.0 Å². The SMILES string of the molecule is CC(C)C/C=C/CCC1CCCCC1. The van der Waals surface area contributed by atoms with Crippen LogP contribution in [0.4, 0.5) is 0 Å². The van der Waals surface area contributed by atoms with E-state index < -0.39 is 0 Å². The quantitative estimate of drug-likeness (QED) is 0.543. The van der Waals surface area contributed by atoms with Gasteiger partial charge in [0.1, 0.15) is 0 Å². The summed E-state index contributed by atoms with van der Waals surface area (Å²) in [4.78, 5) is 0. The molecule has 0 aliphatic heterocycles. The molecule has 0 spiro atoms. The van der Waals surface area contributed by atoms with Crippen molar-refractivity contribution in [2.24, 2.45) is 11.8 Å². The first-order valence-corrected chi connectivity index (χ1v) is 6.44. The molecule has 0 aromatic heterocycles. The van der Waals surface area contributed by atoms with Gasteiger partial charge >= 0.3 is 0 Å². The lowest BCUT2D eigenvalue weighted by Gasteiger charge is -2.20. The summed E-state index contributed by atoms with van der Waals surface area (Å²) in [7, 11) is 0. The maximum atomic E-state index is 2.40. The maximum absolute atomic E-state index is 2.40. The summed E-state index contributed by atoms with van der Waals surface area (Å²) in [6, 6.07) is 0. The molecule has 0 unspecified atom stereocenters. The van der Waals surface area contributed by atoms with Gasteiger partial charge in [0.05, 0.1) is 0 Å². The molecule has 1 rings (SSSR count). The molecule has 0 saturated heterocycles. The molecule has 0 aromatic rings. The third-order valence-electron chi connectivity index (χ3n) is 3.24. The van der Waals surface area contributed by atoms with Gasteiger partial charge in [-0.15, -0.1) is 0 Å². The van der Waals surface area contributed by atoms with Crippen molar-refractivity contribution in [2.45, 2.75) is 65.2 Å². The van der Waals surface area contributed by atoms with E-state index in [1.165, 1.54) is 51.4 Å². The van der Waals surface area contributed by atoms with Crippen LogP contribution >= 0.6 is 0 Å². The third kappa shape index (κ3) is 5.47. The van der Waals surface area contributed by atoms with Crippen molar-refractivity contribution in [3.8, 4) is 0 Å². The molecular weight excluding hydrogens is 168 g/mol. The third-order valence-corrected chi connectivity index (χ3v) is 3.24. The zero-order valence-electron chi connectivity index (χ0n) is 9.97. The molecule has 0 bridgehead atoms. The van der Waals surface area contributed by atoms with E-state index in [1.807, 2.05) is 0 Å². The highest BCUT2D eigenvalue weighted by molar-refractivity contribution is 4.83. The summed E-state index contributed by atoms with van der Waals surface area (Å²) < 4.78 is 0. The number of hydrogen-bond acceptors (Lipinski definition) is 0. The first-order chi connectivity index (χ1) is 6.79. The molecule has 0 amide bonds. The van der Waals surface area contributed by atoms with Gasteiger partial charge in [0.15, 0.2) is 0 Å². The maximum Gasteiger partial charge on any atom is -0.0327 e. The Labute approximate surface area is 89.8 Å². The Kier molecular flexibility index (Phi) is 5.98. The van der Waals surface area contributed by atoms with Gasteiger partial charge in [0.2, 0.25) is 0 Å². The largest absolute Gasteiger partial charge is 0.0885 e. The van der Waals surface area contributed by atoms with Gasteiger partial charge in [0.25, 0.3) is 0 Å². The summed E-state index contributed by atoms with van der Waals surface area (Å²) in [5, 5.41) is 0. The van der Waals surface area contributed by atoms with Crippen LogP contribution in [0.3, 0.4) is 0 Å². The summed E-state index contributed by atoms with van der Waals surface area (Å²) in [6.45, 7) is 4.57. The topological polar surface area (TPSA) is 0 Å². The zero-order chi connectivity index (χ0) is 10.2. The molecule has 0 atom stereocenters. The van der Waals surface area contributed by atoms with E-state index in [0.717, 1.165) is 11.8 Å². The fourth-order valence-electron chi connectivity index (χ4n) is 2.29. The zero-order valence-corrected chi connectivity index (χ0v) is 9.97. The number of allylic oxidation sites excluding steroid dienone is 2. The van der Waals surface area contributed by atoms with Crippen LogP contribution in [0.1, 0.15) is 65.2 Å². The highest BCUT2D eigenvalue weighted by Gasteiger charge is 2.11. The van der Waals surface area contributed by atoms with Gasteiger partial charge < -0.3 is 0 Å². The molecule has 1 fully saturated rings. The van der Waals surface area contributed by atoms with Crippen molar-refractivity contribution in [3.63, 3.8) is 0 Å². The van der Waals surface area contributed by atoms with Gasteiger partial charge in [-0.05, 0) is 31.1 Å². The fourth-order valence-corrected chi connectivity index (χ4v) is 2.29. The van der Waals surface area contributed by atoms with E-state index in [-0.39, 0.29) is 0 Å². The van der Waals surface area contributed by atoms with E-state index in [9.17, 15) is 0 Å². The Hall–Kier alpha value is -0.260. The summed E-state index contributed by atoms with van der Waals surface area (Å²) in [6.07, 6.45) is 16.2. The second-order valence-corrected chi connectivity index (χ2v) is 5.18. The normalized spacial score (nSPS) is 19.6. The Balaban J connectivity index is 1.99. The molecule has 1 aliphatic rings. The molecule has 82 valence electrons. The molecular formula is C14H26. The predicted octanol–water partition coefficient (Wildman–Crippen LogP) is 4.95. The molecule has 1 aliphatic carbocycles. The summed E-state index contributed by atoms with van der Waals surface area (Å²) in [5.74, 6) is 1.87. The highest BCUT2D eigenvalue weighted by Crippen LogP contribution is 2.27. The van der Waals surface area contributed by atoms with Crippen LogP contribution in [0.5, 0.6) is 0 Å². The lowest BCUT2D eigenvalue weighted by molar-refractivity contribution is 0.341. The van der Waals surface area contributed by atoms with Gasteiger partial charge in [-0.3, -0.25) is 0 Å². The van der Waals surface area contributed by atoms with Crippen molar-refractivity contribution in [1.82, 2.24) is 0 Å². The molecule has 0 N–H and O–H groups in total. The van der Waals surface area contributed by atoms with E-state index in [0.29, 0.717) is 0 Å². The van der Waals surface area contributed by atoms with Gasteiger partial charge in [-0.25, -0.2) is 0 Å². The Morgan fingerprint density at radius 2 is 1.79 bits per heavy atom. The minimum absolute atomic E-state index is 0.820. The van der Waals surface area contributed by atoms with Crippen molar-refractivity contribution < 1.29 is 0 Å². The first kappa shape index (κ1) is 11.8. The molecule has 14 heavy (non-hydrogen) atoms. The molecule has 0 heterocycles. The van der Waals surface area contributed by atoms with E-state index in [4.69, 9.17) is 0 Å². The number of rotatable bonds is 5. The molecule has 0 nitrogen and oxygen atoms in total. The molecule has 0 radical (unpaired) electrons. The van der Waals surface area contributed by atoms with Gasteiger partial charge in [-0.2, -0.15) is 0 Å². The second-order valence-electron chi connectivity index (χ2n) is 5.18. The van der Waals surface area contributed by atoms with Crippen LogP contribution < -0.4 is 0 Å². The predicted molar refractivity (Wildman–Crippen MR) is 64.4 cm³/mol. The molecule has 0 heteroatoms. The standard InChI is InChI=1S/C14H26/c1-13(2)9-5-3-6-10-14-11-7-4-8-12-14/h3,5,13-14H,4,6-12H2,1-2H3/b5-3+. The minimum Gasteiger partial charge on any atom is -0.0885 e. The van der Waals surface area contributed by atoms with Crippen LogP contribution in [0.25, 0.3) is 0 Å². The monoisotopic (exact) mass is 194 g/mol. The van der Waals surface area contributed by atoms with Crippen LogP contribution in [0.15, 0.2) is 12.2 Å². The molecule has 0 aromatic carbocycles. The van der Waals surface area contributed by atoms with Crippen LogP contribution in [-0.2, 0) is 0 Å². The fraction of sp³-hybridized carbons (Fsp3) is 0.857. The van der Waals surface area contributed by atoms with E-state index in [1.54, 1.807) is 0 Å². The second kappa shape index (κ2) is 7.09. The minimum atomic E-state index is 0.820. The van der Waals surface area contributed by atoms with Crippen molar-refractivity contribution in [1.29, 1.82) is 0 Å². The van der Waals surface area contributed by atoms with Crippen LogP contribution in [-0.4, -0.2) is 0 Å². The molecule has 1 saturated carbocycles. The average molecular weight is 194 g/mol. The Morgan fingerprint density at radius 1 is 1.07 bits per heavy atom. The van der Waals surface area contributed by atoms with Crippen molar-refractivity contribution in [2.75, 3.05) is 0 Å². The van der Waals surface area contributed by atoms with Gasteiger partial charge in [0, 0.05) is 0 Å². The van der Waals surface area contributed by atoms with Crippen LogP contribution in [0.2, 0.25) is 0 Å². The van der Waals surface area contributed by atoms with Crippen molar-refractivity contribution >= 4 is 0 Å². The summed E-state index contributed by atoms with van der Waals surface area (Å²) in [5.41, 5.74) is 0. The Bertz CT molecular complexity index is 149. The summed E-state index contributed by atoms with van der Waals surface area (Å²) >= 11 is 0. The van der Waals surface area contributed by atoms with Crippen molar-refractivity contribution in [3.05, 3.63) is 12.2 Å². The first-order valence-electron chi connectivity index (χ1n) is 6.44. The Morgan fingerprint density at radius 3 is 2.43 bits per heavy atom.